The predicted molar refractivity (Wildman–Crippen MR) is 124 cm³/mol. The third-order valence-corrected chi connectivity index (χ3v) is 6.66. The topological polar surface area (TPSA) is 87.5 Å². The first-order valence-electron chi connectivity index (χ1n) is 11.3. The fraction of sp³-hybridized carbons (Fsp3) is 0.280. The Morgan fingerprint density at radius 1 is 1.11 bits per heavy atom. The van der Waals surface area contributed by atoms with E-state index in [1.165, 1.54) is 21.8 Å². The highest BCUT2D eigenvalue weighted by atomic mass is 19.4. The molecule has 0 unspecified atom stereocenters. The lowest BCUT2D eigenvalue weighted by Crippen LogP contribution is -2.62. The Kier molecular flexibility index (Phi) is 5.57. The number of para-hydroxylation sites is 1. The lowest BCUT2D eigenvalue weighted by atomic mass is 9.98. The summed E-state index contributed by atoms with van der Waals surface area (Å²) in [6.45, 7) is 1.77. The molecule has 2 aliphatic heterocycles. The van der Waals surface area contributed by atoms with E-state index in [1.54, 1.807) is 48.4 Å². The van der Waals surface area contributed by atoms with E-state index >= 15 is 0 Å². The van der Waals surface area contributed by atoms with Crippen molar-refractivity contribution in [3.05, 3.63) is 72.1 Å². The number of aromatic nitrogens is 2. The van der Waals surface area contributed by atoms with Crippen molar-refractivity contribution in [1.29, 1.82) is 0 Å². The van der Waals surface area contributed by atoms with Crippen LogP contribution in [0.1, 0.15) is 42.1 Å². The van der Waals surface area contributed by atoms with Gasteiger partial charge in [-0.3, -0.25) is 19.3 Å². The number of fused-ring (bicyclic) bond motifs is 3. The second-order valence-electron chi connectivity index (χ2n) is 8.90. The first kappa shape index (κ1) is 23.6. The minimum Gasteiger partial charge on any atom is -0.324 e. The van der Waals surface area contributed by atoms with Gasteiger partial charge in [-0.2, -0.15) is 18.3 Å². The Balaban J connectivity index is 1.39. The van der Waals surface area contributed by atoms with Gasteiger partial charge in [0.15, 0.2) is 0 Å². The van der Waals surface area contributed by atoms with Crippen LogP contribution in [0.25, 0.3) is 5.69 Å². The van der Waals surface area contributed by atoms with Gasteiger partial charge in [0.25, 0.3) is 5.91 Å². The molecule has 5 rings (SSSR count). The first-order valence-corrected chi connectivity index (χ1v) is 11.3. The summed E-state index contributed by atoms with van der Waals surface area (Å²) in [5.74, 6) is -0.989. The molecular weight excluding hydrogens is 475 g/mol. The number of carbonyl (C=O) groups is 3. The minimum absolute atomic E-state index is 0.0185. The van der Waals surface area contributed by atoms with Gasteiger partial charge >= 0.3 is 6.18 Å². The standard InChI is InChI=1S/C25H22F3N5O3/c1-24-11-9-22(35)33(24)19-6-3-2-5-17(19)23(36)31(24)14-10-21(34)30-18-15-16(25(26,27)28)7-8-20(18)32-13-4-12-29-32/h2-8,12-13,15H,9-11,14H2,1H3,(H,30,34)/t24-/m0/s1. The van der Waals surface area contributed by atoms with Crippen LogP contribution >= 0.6 is 0 Å². The molecule has 1 saturated heterocycles. The van der Waals surface area contributed by atoms with Gasteiger partial charge in [0.05, 0.1) is 28.2 Å². The zero-order valence-electron chi connectivity index (χ0n) is 19.2. The zero-order chi connectivity index (χ0) is 25.7. The SMILES string of the molecule is C[C@@]12CCC(=O)N1c1ccccc1C(=O)N2CCC(=O)Nc1cc(C(F)(F)F)ccc1-n1cccn1. The maximum absolute atomic E-state index is 13.3. The molecule has 3 amide bonds. The fourth-order valence-electron chi connectivity index (χ4n) is 4.89. The Morgan fingerprint density at radius 3 is 2.61 bits per heavy atom. The number of halogens is 3. The van der Waals surface area contributed by atoms with E-state index in [9.17, 15) is 27.6 Å². The fourth-order valence-corrected chi connectivity index (χ4v) is 4.89. The maximum atomic E-state index is 13.3. The first-order chi connectivity index (χ1) is 17.1. The molecule has 0 spiro atoms. The predicted octanol–water partition coefficient (Wildman–Crippen LogP) is 4.22. The number of carbonyl (C=O) groups excluding carboxylic acids is 3. The minimum atomic E-state index is -4.59. The summed E-state index contributed by atoms with van der Waals surface area (Å²) in [4.78, 5) is 42.0. The molecule has 1 N–H and O–H groups in total. The smallest absolute Gasteiger partial charge is 0.324 e. The summed E-state index contributed by atoms with van der Waals surface area (Å²) < 4.78 is 41.3. The van der Waals surface area contributed by atoms with E-state index < -0.39 is 23.3 Å². The van der Waals surface area contributed by atoms with Crippen LogP contribution in [0.4, 0.5) is 24.5 Å². The van der Waals surface area contributed by atoms with Gasteiger partial charge in [-0.1, -0.05) is 12.1 Å². The molecule has 2 aromatic carbocycles. The van der Waals surface area contributed by atoms with Crippen molar-refractivity contribution < 1.29 is 27.6 Å². The van der Waals surface area contributed by atoms with E-state index in [2.05, 4.69) is 10.4 Å². The highest BCUT2D eigenvalue weighted by Crippen LogP contribution is 2.44. The molecule has 0 aliphatic carbocycles. The molecule has 0 radical (unpaired) electrons. The zero-order valence-corrected chi connectivity index (χ0v) is 19.2. The molecule has 0 saturated carbocycles. The third-order valence-electron chi connectivity index (χ3n) is 6.66. The molecule has 1 fully saturated rings. The second kappa shape index (κ2) is 8.51. The number of alkyl halides is 3. The molecule has 1 atom stereocenters. The second-order valence-corrected chi connectivity index (χ2v) is 8.90. The molecule has 11 heteroatoms. The average molecular weight is 497 g/mol. The Labute approximate surface area is 204 Å². The highest BCUT2D eigenvalue weighted by Gasteiger charge is 2.52. The number of amides is 3. The van der Waals surface area contributed by atoms with Crippen molar-refractivity contribution in [2.75, 3.05) is 16.8 Å². The van der Waals surface area contributed by atoms with Crippen molar-refractivity contribution in [1.82, 2.24) is 14.7 Å². The maximum Gasteiger partial charge on any atom is 0.416 e. The number of hydrogen-bond acceptors (Lipinski definition) is 4. The Morgan fingerprint density at radius 2 is 1.89 bits per heavy atom. The van der Waals surface area contributed by atoms with Gasteiger partial charge in [-0.15, -0.1) is 0 Å². The van der Waals surface area contributed by atoms with E-state index in [-0.39, 0.29) is 42.6 Å². The van der Waals surface area contributed by atoms with Crippen LogP contribution in [-0.2, 0) is 15.8 Å². The quantitative estimate of drug-likeness (QED) is 0.572. The van der Waals surface area contributed by atoms with Crippen molar-refractivity contribution in [3.8, 4) is 5.69 Å². The molecule has 3 aromatic rings. The summed E-state index contributed by atoms with van der Waals surface area (Å²) in [5, 5.41) is 6.59. The van der Waals surface area contributed by atoms with Crippen molar-refractivity contribution >= 4 is 29.1 Å². The lowest BCUT2D eigenvalue weighted by Gasteiger charge is -2.48. The van der Waals surface area contributed by atoms with Gasteiger partial charge < -0.3 is 10.2 Å². The largest absolute Gasteiger partial charge is 0.416 e. The summed E-state index contributed by atoms with van der Waals surface area (Å²) in [7, 11) is 0. The molecule has 186 valence electrons. The van der Waals surface area contributed by atoms with Crippen LogP contribution in [0.5, 0.6) is 0 Å². The van der Waals surface area contributed by atoms with Crippen LogP contribution in [-0.4, -0.2) is 44.6 Å². The normalized spacial score (nSPS) is 19.3. The number of nitrogens with zero attached hydrogens (tertiary/aromatic N) is 4. The third kappa shape index (κ3) is 3.90. The van der Waals surface area contributed by atoms with Crippen molar-refractivity contribution in [3.63, 3.8) is 0 Å². The van der Waals surface area contributed by atoms with E-state index in [4.69, 9.17) is 0 Å². The van der Waals surface area contributed by atoms with Crippen LogP contribution in [0, 0.1) is 0 Å². The van der Waals surface area contributed by atoms with Gasteiger partial charge in [0.2, 0.25) is 11.8 Å². The van der Waals surface area contributed by atoms with Gasteiger partial charge in [-0.25, -0.2) is 4.68 Å². The Hall–Kier alpha value is -4.15. The van der Waals surface area contributed by atoms with Gasteiger partial charge in [-0.05, 0) is 49.7 Å². The number of nitrogens with one attached hydrogen (secondary N) is 1. The van der Waals surface area contributed by atoms with Crippen LogP contribution in [0.15, 0.2) is 60.9 Å². The summed E-state index contributed by atoms with van der Waals surface area (Å²) in [6.07, 6.45) is -1.08. The van der Waals surface area contributed by atoms with Gasteiger partial charge in [0.1, 0.15) is 5.66 Å². The van der Waals surface area contributed by atoms with E-state index in [1.807, 2.05) is 0 Å². The molecule has 36 heavy (non-hydrogen) atoms. The van der Waals surface area contributed by atoms with E-state index in [0.717, 1.165) is 12.1 Å². The van der Waals surface area contributed by atoms with Crippen molar-refractivity contribution in [2.24, 2.45) is 0 Å². The van der Waals surface area contributed by atoms with Gasteiger partial charge in [0, 0.05) is 31.8 Å². The van der Waals surface area contributed by atoms with Crippen LogP contribution < -0.4 is 10.2 Å². The summed E-state index contributed by atoms with van der Waals surface area (Å²) >= 11 is 0. The molecule has 3 heterocycles. The number of benzene rings is 2. The Bertz CT molecular complexity index is 1360. The molecule has 2 aliphatic rings. The average Bonchev–Trinajstić information content (AvgIpc) is 3.47. The number of rotatable bonds is 5. The van der Waals surface area contributed by atoms with Crippen LogP contribution in [0.2, 0.25) is 0 Å². The van der Waals surface area contributed by atoms with Crippen LogP contribution in [0.3, 0.4) is 0 Å². The number of anilines is 2. The number of hydrogen-bond donors (Lipinski definition) is 1. The molecule has 8 nitrogen and oxygen atoms in total. The lowest BCUT2D eigenvalue weighted by molar-refractivity contribution is -0.137. The molecule has 1 aromatic heterocycles. The molecule has 0 bridgehead atoms. The summed E-state index contributed by atoms with van der Waals surface area (Å²) in [6, 6.07) is 11.4. The monoisotopic (exact) mass is 497 g/mol. The molecular formula is C25H22F3N5O3. The van der Waals surface area contributed by atoms with E-state index in [0.29, 0.717) is 17.7 Å². The highest BCUT2D eigenvalue weighted by molar-refractivity contribution is 6.10. The van der Waals surface area contributed by atoms with Crippen molar-refractivity contribution in [2.45, 2.75) is 38.0 Å². The summed E-state index contributed by atoms with van der Waals surface area (Å²) in [5.41, 5.74) is -0.726.